The Balaban J connectivity index is 1.93. The lowest BCUT2D eigenvalue weighted by molar-refractivity contribution is 0.0676. The van der Waals surface area contributed by atoms with E-state index in [2.05, 4.69) is 9.71 Å². The molecule has 22 heavy (non-hydrogen) atoms. The largest absolute Gasteiger partial charge is 0.338 e. The van der Waals surface area contributed by atoms with Crippen molar-refractivity contribution in [3.05, 3.63) is 30.1 Å². The summed E-state index contributed by atoms with van der Waals surface area (Å²) in [6, 6.07) is 3.49. The fourth-order valence-corrected chi connectivity index (χ4v) is 3.29. The van der Waals surface area contributed by atoms with E-state index >= 15 is 0 Å². The Bertz CT molecular complexity index is 602. The van der Waals surface area contributed by atoms with Gasteiger partial charge in [0.2, 0.25) is 10.0 Å². The van der Waals surface area contributed by atoms with Crippen molar-refractivity contribution in [1.29, 1.82) is 0 Å². The molecular formula is C15H23N3O3S. The molecule has 2 heterocycles. The molecule has 1 atom stereocenters. The van der Waals surface area contributed by atoms with E-state index in [4.69, 9.17) is 0 Å². The SMILES string of the molecule is CC(C)S(=O)(=O)NC[C@@H]1CCCN(C(=O)c2cccnc2)C1. The molecule has 0 saturated carbocycles. The first-order valence-electron chi connectivity index (χ1n) is 7.58. The lowest BCUT2D eigenvalue weighted by Crippen LogP contribution is -2.44. The Morgan fingerprint density at radius 3 is 2.91 bits per heavy atom. The zero-order valence-corrected chi connectivity index (χ0v) is 13.8. The van der Waals surface area contributed by atoms with Gasteiger partial charge in [-0.05, 0) is 44.7 Å². The van der Waals surface area contributed by atoms with Gasteiger partial charge < -0.3 is 4.90 Å². The molecule has 0 spiro atoms. The standard InChI is InChI=1S/C15H23N3O3S/c1-12(2)22(20,21)17-9-13-5-4-8-18(11-13)15(19)14-6-3-7-16-10-14/h3,6-7,10,12-13,17H,4-5,8-9,11H2,1-2H3/t13-/m0/s1. The normalized spacial score (nSPS) is 19.4. The lowest BCUT2D eigenvalue weighted by Gasteiger charge is -2.33. The van der Waals surface area contributed by atoms with E-state index in [1.807, 2.05) is 0 Å². The first-order valence-corrected chi connectivity index (χ1v) is 9.12. The highest BCUT2D eigenvalue weighted by atomic mass is 32.2. The average Bonchev–Trinajstić information content (AvgIpc) is 2.53. The number of rotatable bonds is 5. The summed E-state index contributed by atoms with van der Waals surface area (Å²) >= 11 is 0. The molecule has 7 heteroatoms. The van der Waals surface area contributed by atoms with Crippen molar-refractivity contribution < 1.29 is 13.2 Å². The molecule has 1 aromatic rings. The van der Waals surface area contributed by atoms with Gasteiger partial charge in [-0.25, -0.2) is 13.1 Å². The van der Waals surface area contributed by atoms with Crippen LogP contribution < -0.4 is 4.72 Å². The summed E-state index contributed by atoms with van der Waals surface area (Å²) in [5.74, 6) is 0.118. The third-order valence-corrected chi connectivity index (χ3v) is 5.72. The van der Waals surface area contributed by atoms with Crippen molar-refractivity contribution in [2.75, 3.05) is 19.6 Å². The first kappa shape index (κ1) is 16.9. The Labute approximate surface area is 132 Å². The fraction of sp³-hybridized carbons (Fsp3) is 0.600. The zero-order valence-electron chi connectivity index (χ0n) is 13.0. The Hall–Kier alpha value is -1.47. The van der Waals surface area contributed by atoms with E-state index in [1.54, 1.807) is 43.3 Å². The van der Waals surface area contributed by atoms with Crippen LogP contribution in [-0.2, 0) is 10.0 Å². The first-order chi connectivity index (χ1) is 10.4. The van der Waals surface area contributed by atoms with Gasteiger partial charge in [0.1, 0.15) is 0 Å². The van der Waals surface area contributed by atoms with Crippen molar-refractivity contribution in [3.8, 4) is 0 Å². The van der Waals surface area contributed by atoms with Crippen LogP contribution in [0.15, 0.2) is 24.5 Å². The van der Waals surface area contributed by atoms with Crippen LogP contribution in [0.25, 0.3) is 0 Å². The minimum Gasteiger partial charge on any atom is -0.338 e. The molecule has 1 aromatic heterocycles. The van der Waals surface area contributed by atoms with Gasteiger partial charge in [0, 0.05) is 32.0 Å². The summed E-state index contributed by atoms with van der Waals surface area (Å²) in [6.07, 6.45) is 5.02. The summed E-state index contributed by atoms with van der Waals surface area (Å²) in [5.41, 5.74) is 0.575. The molecule has 6 nitrogen and oxygen atoms in total. The van der Waals surface area contributed by atoms with Gasteiger partial charge in [0.05, 0.1) is 10.8 Å². The van der Waals surface area contributed by atoms with Gasteiger partial charge in [-0.3, -0.25) is 9.78 Å². The highest BCUT2D eigenvalue weighted by Gasteiger charge is 2.26. The number of aromatic nitrogens is 1. The molecule has 0 bridgehead atoms. The van der Waals surface area contributed by atoms with Gasteiger partial charge >= 0.3 is 0 Å². The number of hydrogen-bond donors (Lipinski definition) is 1. The third-order valence-electron chi connectivity index (χ3n) is 3.91. The molecule has 0 aromatic carbocycles. The summed E-state index contributed by atoms with van der Waals surface area (Å²) in [7, 11) is -3.25. The van der Waals surface area contributed by atoms with E-state index in [0.29, 0.717) is 25.2 Å². The van der Waals surface area contributed by atoms with Crippen molar-refractivity contribution in [2.45, 2.75) is 31.9 Å². The molecule has 0 aliphatic carbocycles. The molecule has 0 radical (unpaired) electrons. The highest BCUT2D eigenvalue weighted by Crippen LogP contribution is 2.18. The number of nitrogens with one attached hydrogen (secondary N) is 1. The second kappa shape index (κ2) is 7.19. The van der Waals surface area contributed by atoms with Crippen molar-refractivity contribution in [3.63, 3.8) is 0 Å². The molecule has 1 saturated heterocycles. The number of piperidine rings is 1. The Kier molecular flexibility index (Phi) is 5.52. The van der Waals surface area contributed by atoms with Gasteiger partial charge in [-0.15, -0.1) is 0 Å². The number of hydrogen-bond acceptors (Lipinski definition) is 4. The fourth-order valence-electron chi connectivity index (χ4n) is 2.49. The maximum absolute atomic E-state index is 12.4. The van der Waals surface area contributed by atoms with Crippen LogP contribution in [0.4, 0.5) is 0 Å². The summed E-state index contributed by atoms with van der Waals surface area (Å²) in [5, 5.41) is -0.441. The van der Waals surface area contributed by atoms with Gasteiger partial charge in [-0.1, -0.05) is 0 Å². The van der Waals surface area contributed by atoms with Crippen LogP contribution in [0.2, 0.25) is 0 Å². The predicted octanol–water partition coefficient (Wildman–Crippen LogP) is 1.26. The van der Waals surface area contributed by atoms with Crippen LogP contribution >= 0.6 is 0 Å². The molecular weight excluding hydrogens is 302 g/mol. The van der Waals surface area contributed by atoms with Gasteiger partial charge in [-0.2, -0.15) is 0 Å². The number of pyridine rings is 1. The molecule has 122 valence electrons. The number of likely N-dealkylation sites (tertiary alicyclic amines) is 1. The van der Waals surface area contributed by atoms with Crippen LogP contribution in [0.5, 0.6) is 0 Å². The lowest BCUT2D eigenvalue weighted by atomic mass is 9.98. The number of carbonyl (C=O) groups excluding carboxylic acids is 1. The minimum atomic E-state index is -3.25. The Morgan fingerprint density at radius 1 is 1.50 bits per heavy atom. The molecule has 1 fully saturated rings. The Morgan fingerprint density at radius 2 is 2.27 bits per heavy atom. The van der Waals surface area contributed by atoms with Gasteiger partial charge in [0.25, 0.3) is 5.91 Å². The van der Waals surface area contributed by atoms with E-state index in [-0.39, 0.29) is 11.8 Å². The zero-order chi connectivity index (χ0) is 16.2. The molecule has 1 amide bonds. The maximum atomic E-state index is 12.4. The average molecular weight is 325 g/mol. The van der Waals surface area contributed by atoms with E-state index in [0.717, 1.165) is 12.8 Å². The topological polar surface area (TPSA) is 79.4 Å². The van der Waals surface area contributed by atoms with Crippen LogP contribution in [0.3, 0.4) is 0 Å². The number of nitrogens with zero attached hydrogens (tertiary/aromatic N) is 2. The molecule has 1 aliphatic heterocycles. The quantitative estimate of drug-likeness (QED) is 0.884. The van der Waals surface area contributed by atoms with Crippen LogP contribution in [0.1, 0.15) is 37.0 Å². The maximum Gasteiger partial charge on any atom is 0.255 e. The minimum absolute atomic E-state index is 0.0375. The van der Waals surface area contributed by atoms with Crippen molar-refractivity contribution in [1.82, 2.24) is 14.6 Å². The predicted molar refractivity (Wildman–Crippen MR) is 84.9 cm³/mol. The number of carbonyl (C=O) groups is 1. The second-order valence-corrected chi connectivity index (χ2v) is 8.26. The molecule has 1 aliphatic rings. The number of amides is 1. The molecule has 2 rings (SSSR count). The van der Waals surface area contributed by atoms with Crippen LogP contribution in [0, 0.1) is 5.92 Å². The van der Waals surface area contributed by atoms with E-state index < -0.39 is 15.3 Å². The summed E-state index contributed by atoms with van der Waals surface area (Å²) in [4.78, 5) is 18.2. The van der Waals surface area contributed by atoms with Crippen LogP contribution in [-0.4, -0.2) is 49.1 Å². The summed E-state index contributed by atoms with van der Waals surface area (Å²) in [6.45, 7) is 4.98. The molecule has 1 N–H and O–H groups in total. The van der Waals surface area contributed by atoms with E-state index in [1.165, 1.54) is 0 Å². The highest BCUT2D eigenvalue weighted by molar-refractivity contribution is 7.90. The second-order valence-electron chi connectivity index (χ2n) is 5.94. The monoisotopic (exact) mass is 325 g/mol. The third kappa shape index (κ3) is 4.27. The smallest absolute Gasteiger partial charge is 0.255 e. The van der Waals surface area contributed by atoms with Crippen molar-refractivity contribution in [2.24, 2.45) is 5.92 Å². The summed E-state index contributed by atoms with van der Waals surface area (Å²) < 4.78 is 26.3. The number of sulfonamides is 1. The van der Waals surface area contributed by atoms with Crippen molar-refractivity contribution >= 4 is 15.9 Å². The van der Waals surface area contributed by atoms with E-state index in [9.17, 15) is 13.2 Å². The molecule has 0 unspecified atom stereocenters. The van der Waals surface area contributed by atoms with Gasteiger partial charge in [0.15, 0.2) is 0 Å².